The van der Waals surface area contributed by atoms with Gasteiger partial charge in [-0.2, -0.15) is 13.2 Å². The van der Waals surface area contributed by atoms with E-state index < -0.39 is 18.4 Å². The van der Waals surface area contributed by atoms with Crippen LogP contribution in [0.25, 0.3) is 11.0 Å². The Morgan fingerprint density at radius 2 is 2.11 bits per heavy atom. The maximum absolute atomic E-state index is 12.6. The molecule has 0 aliphatic rings. The van der Waals surface area contributed by atoms with E-state index in [-0.39, 0.29) is 29.0 Å². The van der Waals surface area contributed by atoms with E-state index in [9.17, 15) is 22.8 Å². The highest BCUT2D eigenvalue weighted by Crippen LogP contribution is 2.21. The predicted molar refractivity (Wildman–Crippen MR) is 90.3 cm³/mol. The number of carbonyl (C=O) groups is 1. The van der Waals surface area contributed by atoms with Gasteiger partial charge in [0.1, 0.15) is 12.8 Å². The summed E-state index contributed by atoms with van der Waals surface area (Å²) in [5, 5.41) is 3.86. The molecule has 1 amide bonds. The second-order valence-electron chi connectivity index (χ2n) is 6.16. The number of halogens is 3. The Morgan fingerprint density at radius 3 is 2.78 bits per heavy atom. The van der Waals surface area contributed by atoms with Crippen LogP contribution in [0.5, 0.6) is 0 Å². The normalized spacial score (nSPS) is 11.9. The summed E-state index contributed by atoms with van der Waals surface area (Å²) >= 11 is 0. The average Bonchev–Trinajstić information content (AvgIpc) is 3.16. The Hall–Kier alpha value is -3.04. The van der Waals surface area contributed by atoms with Crippen molar-refractivity contribution >= 4 is 16.9 Å². The fourth-order valence-electron chi connectivity index (χ4n) is 2.88. The van der Waals surface area contributed by atoms with E-state index in [0.717, 1.165) is 11.3 Å². The lowest BCUT2D eigenvalue weighted by Crippen LogP contribution is -2.26. The van der Waals surface area contributed by atoms with E-state index in [4.69, 9.17) is 4.52 Å². The molecule has 3 rings (SSSR count). The molecule has 10 heteroatoms. The first-order valence-corrected chi connectivity index (χ1v) is 8.16. The van der Waals surface area contributed by atoms with Crippen LogP contribution in [-0.2, 0) is 19.5 Å². The number of aromatic amines is 1. The number of nitrogens with zero attached hydrogens (tertiary/aromatic N) is 3. The van der Waals surface area contributed by atoms with Crippen molar-refractivity contribution in [1.82, 2.24) is 19.6 Å². The number of hydrogen-bond donors (Lipinski definition) is 1. The number of nitrogens with one attached hydrogen (secondary N) is 1. The molecule has 0 spiro atoms. The molecule has 0 atom stereocenters. The Labute approximate surface area is 151 Å². The number of aryl methyl sites for hydroxylation is 1. The van der Waals surface area contributed by atoms with Gasteiger partial charge >= 0.3 is 11.9 Å². The number of alkyl halides is 3. The van der Waals surface area contributed by atoms with E-state index >= 15 is 0 Å². The van der Waals surface area contributed by atoms with E-state index in [1.807, 2.05) is 6.92 Å². The summed E-state index contributed by atoms with van der Waals surface area (Å²) in [7, 11) is 1.59. The minimum absolute atomic E-state index is 0.0869. The molecule has 144 valence electrons. The third-order valence-electron chi connectivity index (χ3n) is 4.18. The van der Waals surface area contributed by atoms with Crippen LogP contribution in [0, 0.1) is 0 Å². The number of carbonyl (C=O) groups excluding carboxylic acids is 1. The predicted octanol–water partition coefficient (Wildman–Crippen LogP) is 2.71. The van der Waals surface area contributed by atoms with E-state index in [0.29, 0.717) is 11.0 Å². The van der Waals surface area contributed by atoms with Gasteiger partial charge in [0, 0.05) is 18.2 Å². The summed E-state index contributed by atoms with van der Waals surface area (Å²) < 4.78 is 43.4. The zero-order valence-corrected chi connectivity index (χ0v) is 14.6. The molecule has 0 saturated heterocycles. The van der Waals surface area contributed by atoms with Crippen LogP contribution in [0.15, 0.2) is 33.8 Å². The van der Waals surface area contributed by atoms with Crippen LogP contribution in [0.2, 0.25) is 0 Å². The van der Waals surface area contributed by atoms with Crippen LogP contribution >= 0.6 is 0 Å². The van der Waals surface area contributed by atoms with Crippen molar-refractivity contribution in [3.8, 4) is 0 Å². The molecule has 0 aliphatic carbocycles. The van der Waals surface area contributed by atoms with E-state index in [2.05, 4.69) is 10.1 Å². The van der Waals surface area contributed by atoms with Crippen molar-refractivity contribution in [2.75, 3.05) is 7.05 Å². The fourth-order valence-corrected chi connectivity index (χ4v) is 2.88. The average molecular weight is 382 g/mol. The molecular weight excluding hydrogens is 365 g/mol. The van der Waals surface area contributed by atoms with Crippen LogP contribution in [0.4, 0.5) is 13.2 Å². The molecule has 0 bridgehead atoms. The number of hydrogen-bond acceptors (Lipinski definition) is 4. The summed E-state index contributed by atoms with van der Waals surface area (Å²) in [5.74, 6) is -0.343. The quantitative estimate of drug-likeness (QED) is 0.735. The molecule has 3 aromatic rings. The van der Waals surface area contributed by atoms with Crippen molar-refractivity contribution in [3.63, 3.8) is 0 Å². The minimum Gasteiger partial charge on any atom is -0.364 e. The Morgan fingerprint density at radius 1 is 1.37 bits per heavy atom. The number of benzene rings is 1. The van der Waals surface area contributed by atoms with Crippen molar-refractivity contribution in [1.29, 1.82) is 0 Å². The van der Waals surface area contributed by atoms with Gasteiger partial charge in [0.15, 0.2) is 0 Å². The highest BCUT2D eigenvalue weighted by molar-refractivity contribution is 5.97. The molecule has 7 nitrogen and oxygen atoms in total. The van der Waals surface area contributed by atoms with Crippen LogP contribution < -0.4 is 5.69 Å². The summed E-state index contributed by atoms with van der Waals surface area (Å²) in [6.45, 7) is 0.792. The Bertz CT molecular complexity index is 1030. The lowest BCUT2D eigenvalue weighted by Gasteiger charge is -2.17. The molecule has 0 radical (unpaired) electrons. The molecule has 0 unspecified atom stereocenters. The van der Waals surface area contributed by atoms with Crippen molar-refractivity contribution < 1.29 is 22.5 Å². The van der Waals surface area contributed by atoms with Gasteiger partial charge in [0.25, 0.3) is 5.91 Å². The van der Waals surface area contributed by atoms with E-state index in [1.165, 1.54) is 29.4 Å². The molecule has 0 aliphatic heterocycles. The molecular formula is C17H17F3N4O3. The zero-order chi connectivity index (χ0) is 19.8. The highest BCUT2D eigenvalue weighted by Gasteiger charge is 2.30. The highest BCUT2D eigenvalue weighted by atomic mass is 19.4. The van der Waals surface area contributed by atoms with Gasteiger partial charge in [-0.1, -0.05) is 12.1 Å². The van der Waals surface area contributed by atoms with Gasteiger partial charge in [0.05, 0.1) is 23.3 Å². The molecule has 1 N–H and O–H groups in total. The van der Waals surface area contributed by atoms with Gasteiger partial charge in [-0.15, -0.1) is 0 Å². The maximum Gasteiger partial charge on any atom is 0.406 e. The number of fused-ring (bicyclic) bond motifs is 1. The van der Waals surface area contributed by atoms with Gasteiger partial charge in [0.2, 0.25) is 0 Å². The minimum atomic E-state index is -4.52. The molecule has 2 aromatic heterocycles. The number of H-pyrrole nitrogens is 1. The third kappa shape index (κ3) is 3.88. The largest absolute Gasteiger partial charge is 0.406 e. The summed E-state index contributed by atoms with van der Waals surface area (Å²) in [4.78, 5) is 28.2. The maximum atomic E-state index is 12.6. The number of imidazole rings is 1. The summed E-state index contributed by atoms with van der Waals surface area (Å²) in [6, 6.07) is 4.10. The van der Waals surface area contributed by atoms with Gasteiger partial charge in [-0.3, -0.25) is 9.36 Å². The SMILES string of the molecule is CCc1nocc1CN(C)C(=O)c1ccc2c(c1)[nH]c(=O)n2CC(F)(F)F. The summed E-state index contributed by atoms with van der Waals surface area (Å²) in [6.07, 6.45) is -2.39. The standard InChI is InChI=1S/C17H17F3N4O3/c1-3-12-11(8-27-22-12)7-23(2)15(25)10-4-5-14-13(6-10)21-16(26)24(14)9-17(18,19)20/h4-6,8H,3,7,9H2,1-2H3,(H,21,26). The van der Waals surface area contributed by atoms with Crippen LogP contribution in [-0.4, -0.2) is 38.7 Å². The van der Waals surface area contributed by atoms with Gasteiger partial charge in [-0.05, 0) is 24.6 Å². The number of rotatable bonds is 5. The lowest BCUT2D eigenvalue weighted by atomic mass is 10.1. The number of aromatic nitrogens is 3. The zero-order valence-electron chi connectivity index (χ0n) is 14.6. The first-order chi connectivity index (χ1) is 12.7. The topological polar surface area (TPSA) is 84.1 Å². The van der Waals surface area contributed by atoms with Crippen molar-refractivity contribution in [2.24, 2.45) is 0 Å². The smallest absolute Gasteiger partial charge is 0.364 e. The summed E-state index contributed by atoms with van der Waals surface area (Å²) in [5.41, 5.74) is 1.15. The second kappa shape index (κ2) is 6.93. The third-order valence-corrected chi connectivity index (χ3v) is 4.18. The van der Waals surface area contributed by atoms with Crippen molar-refractivity contribution in [2.45, 2.75) is 32.6 Å². The lowest BCUT2D eigenvalue weighted by molar-refractivity contribution is -0.140. The van der Waals surface area contributed by atoms with Crippen LogP contribution in [0.1, 0.15) is 28.5 Å². The molecule has 2 heterocycles. The second-order valence-corrected chi connectivity index (χ2v) is 6.16. The van der Waals surface area contributed by atoms with Gasteiger partial charge < -0.3 is 14.4 Å². The van der Waals surface area contributed by atoms with Gasteiger partial charge in [-0.25, -0.2) is 4.79 Å². The first kappa shape index (κ1) is 18.7. The van der Waals surface area contributed by atoms with Crippen LogP contribution in [0.3, 0.4) is 0 Å². The first-order valence-electron chi connectivity index (χ1n) is 8.16. The Balaban J connectivity index is 1.86. The molecule has 1 aromatic carbocycles. The molecule has 0 fully saturated rings. The number of amides is 1. The Kier molecular flexibility index (Phi) is 4.81. The molecule has 27 heavy (non-hydrogen) atoms. The molecule has 0 saturated carbocycles. The van der Waals surface area contributed by atoms with Crippen molar-refractivity contribution in [3.05, 3.63) is 51.8 Å². The van der Waals surface area contributed by atoms with E-state index in [1.54, 1.807) is 7.05 Å². The fraction of sp³-hybridized carbons (Fsp3) is 0.353. The monoisotopic (exact) mass is 382 g/mol.